The molecule has 0 spiro atoms. The molecular weight excluding hydrogens is 294 g/mol. The van der Waals surface area contributed by atoms with Gasteiger partial charge in [-0.1, -0.05) is 6.07 Å². The summed E-state index contributed by atoms with van der Waals surface area (Å²) in [4.78, 5) is 13.0. The van der Waals surface area contributed by atoms with E-state index in [4.69, 9.17) is 9.47 Å². The molecule has 8 heteroatoms. The molecule has 0 N–H and O–H groups in total. The van der Waals surface area contributed by atoms with Crippen LogP contribution in [0.15, 0.2) is 18.2 Å². The maximum atomic E-state index is 13.5. The van der Waals surface area contributed by atoms with Gasteiger partial charge in [0.2, 0.25) is 0 Å². The van der Waals surface area contributed by atoms with Crippen LogP contribution < -0.4 is 0 Å². The quantitative estimate of drug-likeness (QED) is 0.789. The lowest BCUT2D eigenvalue weighted by Crippen LogP contribution is -2.40. The highest BCUT2D eigenvalue weighted by molar-refractivity contribution is 5.67. The number of amides is 1. The Balaban J connectivity index is 1.95. The Morgan fingerprint density at radius 1 is 1.29 bits per heavy atom. The van der Waals surface area contributed by atoms with Gasteiger partial charge in [0, 0.05) is 18.7 Å². The van der Waals surface area contributed by atoms with Crippen molar-refractivity contribution in [2.45, 2.75) is 12.8 Å². The van der Waals surface area contributed by atoms with E-state index in [9.17, 15) is 22.4 Å². The van der Waals surface area contributed by atoms with Crippen molar-refractivity contribution in [2.24, 2.45) is 0 Å². The molecule has 1 aromatic rings. The van der Waals surface area contributed by atoms with Crippen molar-refractivity contribution in [3.8, 4) is 0 Å². The molecule has 0 saturated carbocycles. The lowest BCUT2D eigenvalue weighted by molar-refractivity contribution is -0.137. The van der Waals surface area contributed by atoms with Gasteiger partial charge in [-0.2, -0.15) is 13.2 Å². The third kappa shape index (κ3) is 4.07. The molecule has 4 nitrogen and oxygen atoms in total. The van der Waals surface area contributed by atoms with Crippen LogP contribution in [0.4, 0.5) is 22.4 Å². The Morgan fingerprint density at radius 3 is 2.52 bits per heavy atom. The molecule has 0 atom stereocenters. The highest BCUT2D eigenvalue weighted by atomic mass is 19.4. The first-order valence-electron chi connectivity index (χ1n) is 6.23. The van der Waals surface area contributed by atoms with Crippen LogP contribution in [0, 0.1) is 5.82 Å². The van der Waals surface area contributed by atoms with Crippen LogP contribution in [0.3, 0.4) is 0 Å². The molecule has 1 heterocycles. The van der Waals surface area contributed by atoms with Gasteiger partial charge in [0.05, 0.1) is 18.8 Å². The number of morpholine rings is 1. The van der Waals surface area contributed by atoms with Crippen LogP contribution in [0.25, 0.3) is 0 Å². The standard InChI is InChI=1S/C13H13F4NO3/c14-11-7-10(13(15,16)17)2-1-9(11)8-21-12(19)18-3-5-20-6-4-18/h1-2,7H,3-6,8H2. The maximum Gasteiger partial charge on any atom is 0.416 e. The third-order valence-electron chi connectivity index (χ3n) is 3.00. The number of hydrogen-bond donors (Lipinski definition) is 0. The topological polar surface area (TPSA) is 38.8 Å². The molecule has 1 aromatic carbocycles. The fourth-order valence-electron chi connectivity index (χ4n) is 1.82. The number of ether oxygens (including phenoxy) is 2. The summed E-state index contributed by atoms with van der Waals surface area (Å²) in [6.07, 6.45) is -5.25. The van der Waals surface area contributed by atoms with Crippen LogP contribution in [0.2, 0.25) is 0 Å². The van der Waals surface area contributed by atoms with Crippen LogP contribution in [0.1, 0.15) is 11.1 Å². The minimum absolute atomic E-state index is 0.107. The summed E-state index contributed by atoms with van der Waals surface area (Å²) in [6, 6.07) is 2.10. The number of halogens is 4. The first-order chi connectivity index (χ1) is 9.88. The Labute approximate surface area is 118 Å². The van der Waals surface area contributed by atoms with Crippen molar-refractivity contribution in [2.75, 3.05) is 26.3 Å². The molecule has 116 valence electrons. The third-order valence-corrected chi connectivity index (χ3v) is 3.00. The summed E-state index contributed by atoms with van der Waals surface area (Å²) in [5, 5.41) is 0. The molecular formula is C13H13F4NO3. The summed E-state index contributed by atoms with van der Waals surface area (Å²) in [5.74, 6) is -1.06. The number of carbonyl (C=O) groups is 1. The highest BCUT2D eigenvalue weighted by Gasteiger charge is 2.31. The summed E-state index contributed by atoms with van der Waals surface area (Å²) in [7, 11) is 0. The zero-order valence-corrected chi connectivity index (χ0v) is 11.0. The van der Waals surface area contributed by atoms with E-state index in [1.165, 1.54) is 4.90 Å². The monoisotopic (exact) mass is 307 g/mol. The van der Waals surface area contributed by atoms with Gasteiger partial charge in [-0.05, 0) is 12.1 Å². The molecule has 0 aromatic heterocycles. The Morgan fingerprint density at radius 2 is 1.95 bits per heavy atom. The van der Waals surface area contributed by atoms with E-state index in [0.717, 1.165) is 12.1 Å². The van der Waals surface area contributed by atoms with Gasteiger partial charge in [-0.3, -0.25) is 0 Å². The SMILES string of the molecule is O=C(OCc1ccc(C(F)(F)F)cc1F)N1CCOCC1. The van der Waals surface area contributed by atoms with Crippen LogP contribution in [0.5, 0.6) is 0 Å². The first-order valence-corrected chi connectivity index (χ1v) is 6.23. The Bertz CT molecular complexity index is 513. The Kier molecular flexibility index (Phi) is 4.66. The fourth-order valence-corrected chi connectivity index (χ4v) is 1.82. The van der Waals surface area contributed by atoms with Gasteiger partial charge in [0.25, 0.3) is 0 Å². The molecule has 1 aliphatic heterocycles. The number of carbonyl (C=O) groups excluding carboxylic acids is 1. The van der Waals surface area contributed by atoms with Gasteiger partial charge >= 0.3 is 12.3 Å². The second-order valence-corrected chi connectivity index (χ2v) is 4.46. The fraction of sp³-hybridized carbons (Fsp3) is 0.462. The van der Waals surface area contributed by atoms with Crippen molar-refractivity contribution in [3.05, 3.63) is 35.1 Å². The zero-order chi connectivity index (χ0) is 15.5. The molecule has 2 rings (SSSR count). The number of hydrogen-bond acceptors (Lipinski definition) is 3. The van der Waals surface area contributed by atoms with Gasteiger partial charge < -0.3 is 14.4 Å². The molecule has 0 unspecified atom stereocenters. The lowest BCUT2D eigenvalue weighted by atomic mass is 10.1. The van der Waals surface area contributed by atoms with Crippen molar-refractivity contribution in [1.82, 2.24) is 4.90 Å². The predicted octanol–water partition coefficient (Wildman–Crippen LogP) is 2.81. The molecule has 1 fully saturated rings. The number of nitrogens with zero attached hydrogens (tertiary/aromatic N) is 1. The molecule has 1 saturated heterocycles. The molecule has 0 aliphatic carbocycles. The van der Waals surface area contributed by atoms with Crippen molar-refractivity contribution in [3.63, 3.8) is 0 Å². The van der Waals surface area contributed by atoms with E-state index in [2.05, 4.69) is 0 Å². The number of alkyl halides is 3. The zero-order valence-electron chi connectivity index (χ0n) is 11.0. The van der Waals surface area contributed by atoms with E-state index in [1.54, 1.807) is 0 Å². The molecule has 21 heavy (non-hydrogen) atoms. The highest BCUT2D eigenvalue weighted by Crippen LogP contribution is 2.30. The summed E-state index contributed by atoms with van der Waals surface area (Å²) < 4.78 is 60.7. The van der Waals surface area contributed by atoms with Crippen molar-refractivity contribution >= 4 is 6.09 Å². The summed E-state index contributed by atoms with van der Waals surface area (Å²) in [6.45, 7) is 1.11. The van der Waals surface area contributed by atoms with Gasteiger partial charge in [0.15, 0.2) is 0 Å². The van der Waals surface area contributed by atoms with Crippen molar-refractivity contribution < 1.29 is 31.8 Å². The predicted molar refractivity (Wildman–Crippen MR) is 64.0 cm³/mol. The number of benzene rings is 1. The van der Waals surface area contributed by atoms with E-state index < -0.39 is 30.3 Å². The maximum absolute atomic E-state index is 13.5. The normalized spacial score (nSPS) is 15.9. The molecule has 0 radical (unpaired) electrons. The average Bonchev–Trinajstić information content (AvgIpc) is 2.45. The van der Waals surface area contributed by atoms with E-state index in [1.807, 2.05) is 0 Å². The van der Waals surface area contributed by atoms with Crippen molar-refractivity contribution in [1.29, 1.82) is 0 Å². The molecule has 1 aliphatic rings. The first kappa shape index (κ1) is 15.6. The van der Waals surface area contributed by atoms with Gasteiger partial charge in [-0.25, -0.2) is 9.18 Å². The number of rotatable bonds is 2. The average molecular weight is 307 g/mol. The second-order valence-electron chi connectivity index (χ2n) is 4.46. The minimum atomic E-state index is -4.61. The summed E-state index contributed by atoms with van der Waals surface area (Å²) >= 11 is 0. The largest absolute Gasteiger partial charge is 0.444 e. The van der Waals surface area contributed by atoms with E-state index in [-0.39, 0.29) is 5.56 Å². The van der Waals surface area contributed by atoms with E-state index in [0.29, 0.717) is 32.4 Å². The van der Waals surface area contributed by atoms with E-state index >= 15 is 0 Å². The van der Waals surface area contributed by atoms with Crippen LogP contribution in [-0.4, -0.2) is 37.3 Å². The molecule has 1 amide bonds. The van der Waals surface area contributed by atoms with Gasteiger partial charge in [-0.15, -0.1) is 0 Å². The van der Waals surface area contributed by atoms with Crippen LogP contribution in [-0.2, 0) is 22.3 Å². The van der Waals surface area contributed by atoms with Gasteiger partial charge in [0.1, 0.15) is 12.4 Å². The Hall–Kier alpha value is -1.83. The molecule has 0 bridgehead atoms. The second kappa shape index (κ2) is 6.30. The minimum Gasteiger partial charge on any atom is -0.444 e. The lowest BCUT2D eigenvalue weighted by Gasteiger charge is -2.26. The summed E-state index contributed by atoms with van der Waals surface area (Å²) in [5.41, 5.74) is -1.19. The smallest absolute Gasteiger partial charge is 0.416 e. The van der Waals surface area contributed by atoms with Crippen LogP contribution >= 0.6 is 0 Å².